The highest BCUT2D eigenvalue weighted by Crippen LogP contribution is 2.25. The minimum atomic E-state index is -1.10. The monoisotopic (exact) mass is 299 g/mol. The molecule has 0 bridgehead atoms. The molecule has 2 aromatic rings. The fourth-order valence-corrected chi connectivity index (χ4v) is 2.16. The molecule has 8 heteroatoms. The van der Waals surface area contributed by atoms with Gasteiger partial charge in [0, 0.05) is 39.5 Å². The number of fused-ring (bicyclic) bond motifs is 1. The number of rotatable bonds is 6. The van der Waals surface area contributed by atoms with E-state index in [-0.39, 0.29) is 10.7 Å². The largest absolute Gasteiger partial charge is 0.478 e. The molecule has 0 aliphatic heterocycles. The molecule has 1 unspecified atom stereocenters. The van der Waals surface area contributed by atoms with Gasteiger partial charge in [-0.05, 0) is 0 Å². The van der Waals surface area contributed by atoms with E-state index >= 15 is 0 Å². The zero-order valence-corrected chi connectivity index (χ0v) is 11.8. The Balaban J connectivity index is 2.61. The molecule has 108 valence electrons. The van der Waals surface area contributed by atoms with Gasteiger partial charge in [-0.1, -0.05) is 11.6 Å². The van der Waals surface area contributed by atoms with Crippen LogP contribution in [0.15, 0.2) is 12.3 Å². The molecule has 0 radical (unpaired) electrons. The summed E-state index contributed by atoms with van der Waals surface area (Å²) in [7, 11) is 3.07. The van der Waals surface area contributed by atoms with Crippen molar-refractivity contribution in [2.45, 2.75) is 12.5 Å². The summed E-state index contributed by atoms with van der Waals surface area (Å²) in [6.45, 7) is 0.427. The first kappa shape index (κ1) is 14.7. The lowest BCUT2D eigenvalue weighted by atomic mass is 10.1. The third-order valence-electron chi connectivity index (χ3n) is 2.89. The topological polar surface area (TPSA) is 86.0 Å². The van der Waals surface area contributed by atoms with Crippen LogP contribution in [0.4, 0.5) is 0 Å². The number of carboxylic acids is 1. The molecule has 20 heavy (non-hydrogen) atoms. The molecule has 0 saturated heterocycles. The highest BCUT2D eigenvalue weighted by Gasteiger charge is 2.24. The summed E-state index contributed by atoms with van der Waals surface area (Å²) in [6.07, 6.45) is 1.29. The van der Waals surface area contributed by atoms with E-state index in [2.05, 4.69) is 10.1 Å². The molecule has 2 rings (SSSR count). The number of halogens is 1. The molecular formula is C12H14ClN3O4. The highest BCUT2D eigenvalue weighted by atomic mass is 35.5. The number of nitrogens with zero attached hydrogens (tertiary/aromatic N) is 3. The van der Waals surface area contributed by atoms with Crippen molar-refractivity contribution in [2.75, 3.05) is 20.8 Å². The number of aromatic nitrogens is 3. The van der Waals surface area contributed by atoms with Gasteiger partial charge in [-0.2, -0.15) is 5.10 Å². The van der Waals surface area contributed by atoms with Crippen molar-refractivity contribution in [2.24, 2.45) is 0 Å². The van der Waals surface area contributed by atoms with Gasteiger partial charge in [0.05, 0.1) is 5.69 Å². The van der Waals surface area contributed by atoms with Crippen LogP contribution in [0.3, 0.4) is 0 Å². The quantitative estimate of drug-likeness (QED) is 0.875. The molecule has 0 fully saturated rings. The van der Waals surface area contributed by atoms with E-state index in [0.717, 1.165) is 0 Å². The van der Waals surface area contributed by atoms with Gasteiger partial charge in [0.15, 0.2) is 10.8 Å². The number of ether oxygens (including phenoxy) is 2. The number of methoxy groups -OCH3 is 2. The maximum absolute atomic E-state index is 11.4. The fraction of sp³-hybridized carbons (Fsp3) is 0.417. The molecule has 0 saturated carbocycles. The third-order valence-corrected chi connectivity index (χ3v) is 3.08. The molecule has 1 N–H and O–H groups in total. The van der Waals surface area contributed by atoms with E-state index in [1.807, 2.05) is 0 Å². The predicted molar refractivity (Wildman–Crippen MR) is 71.2 cm³/mol. The zero-order valence-electron chi connectivity index (χ0n) is 11.0. The SMILES string of the molecule is COCCC(OC)c1c(C(=O)O)cnc2cc(Cl)nn12. The number of carboxylic acid groups (broad SMARTS) is 1. The van der Waals surface area contributed by atoms with E-state index in [4.69, 9.17) is 21.1 Å². The first-order chi connectivity index (χ1) is 9.58. The van der Waals surface area contributed by atoms with Crippen molar-refractivity contribution >= 4 is 23.2 Å². The van der Waals surface area contributed by atoms with Crippen molar-refractivity contribution in [1.29, 1.82) is 0 Å². The minimum Gasteiger partial charge on any atom is -0.478 e. The normalized spacial score (nSPS) is 12.8. The smallest absolute Gasteiger partial charge is 0.339 e. The summed E-state index contributed by atoms with van der Waals surface area (Å²) >= 11 is 5.85. The van der Waals surface area contributed by atoms with Crippen LogP contribution in [0.2, 0.25) is 5.15 Å². The first-order valence-corrected chi connectivity index (χ1v) is 6.25. The summed E-state index contributed by atoms with van der Waals surface area (Å²) in [4.78, 5) is 15.4. The van der Waals surface area contributed by atoms with Crippen molar-refractivity contribution < 1.29 is 19.4 Å². The molecule has 7 nitrogen and oxygen atoms in total. The Morgan fingerprint density at radius 2 is 2.30 bits per heavy atom. The van der Waals surface area contributed by atoms with E-state index in [9.17, 15) is 9.90 Å². The minimum absolute atomic E-state index is 0.0280. The van der Waals surface area contributed by atoms with Crippen LogP contribution in [0.5, 0.6) is 0 Å². The maximum Gasteiger partial charge on any atom is 0.339 e. The lowest BCUT2D eigenvalue weighted by molar-refractivity contribution is 0.0565. The summed E-state index contributed by atoms with van der Waals surface area (Å²) in [5, 5.41) is 13.6. The number of hydrogen-bond acceptors (Lipinski definition) is 5. The Kier molecular flexibility index (Phi) is 4.53. The average Bonchev–Trinajstić information content (AvgIpc) is 2.79. The molecule has 0 aliphatic carbocycles. The molecular weight excluding hydrogens is 286 g/mol. The Morgan fingerprint density at radius 3 is 2.90 bits per heavy atom. The lowest BCUT2D eigenvalue weighted by Crippen LogP contribution is -2.17. The van der Waals surface area contributed by atoms with Crippen molar-refractivity contribution in [3.8, 4) is 0 Å². The summed E-state index contributed by atoms with van der Waals surface area (Å²) < 4.78 is 11.8. The molecule has 0 aromatic carbocycles. The Bertz CT molecular complexity index is 628. The second kappa shape index (κ2) is 6.17. The standard InChI is InChI=1S/C12H14ClN3O4/c1-19-4-3-8(20-2)11-7(12(17)18)6-14-10-5-9(13)15-16(10)11/h5-6,8H,3-4H2,1-2H3,(H,17,18). The molecule has 2 heterocycles. The van der Waals surface area contributed by atoms with Crippen LogP contribution in [-0.4, -0.2) is 46.5 Å². The van der Waals surface area contributed by atoms with Gasteiger partial charge in [-0.15, -0.1) is 0 Å². The number of aromatic carboxylic acids is 1. The van der Waals surface area contributed by atoms with Gasteiger partial charge in [0.25, 0.3) is 0 Å². The van der Waals surface area contributed by atoms with E-state index in [1.54, 1.807) is 13.2 Å². The van der Waals surface area contributed by atoms with E-state index in [0.29, 0.717) is 24.4 Å². The van der Waals surface area contributed by atoms with Gasteiger partial charge in [-0.3, -0.25) is 0 Å². The second-order valence-electron chi connectivity index (χ2n) is 4.11. The maximum atomic E-state index is 11.4. The first-order valence-electron chi connectivity index (χ1n) is 5.87. The fourth-order valence-electron chi connectivity index (χ4n) is 1.99. The second-order valence-corrected chi connectivity index (χ2v) is 4.49. The Labute approximate surface area is 120 Å². The zero-order chi connectivity index (χ0) is 14.7. The summed E-state index contributed by atoms with van der Waals surface area (Å²) in [6, 6.07) is 1.56. The van der Waals surface area contributed by atoms with Gasteiger partial charge in [0.2, 0.25) is 0 Å². The van der Waals surface area contributed by atoms with Gasteiger partial charge in [0.1, 0.15) is 11.7 Å². The Hall–Kier alpha value is -1.70. The van der Waals surface area contributed by atoms with E-state index < -0.39 is 12.1 Å². The van der Waals surface area contributed by atoms with Crippen molar-refractivity contribution in [1.82, 2.24) is 14.6 Å². The third kappa shape index (κ3) is 2.74. The van der Waals surface area contributed by atoms with Gasteiger partial charge in [-0.25, -0.2) is 14.3 Å². The molecule has 0 spiro atoms. The van der Waals surface area contributed by atoms with Crippen molar-refractivity contribution in [3.63, 3.8) is 0 Å². The van der Waals surface area contributed by atoms with E-state index in [1.165, 1.54) is 17.8 Å². The van der Waals surface area contributed by atoms with Crippen molar-refractivity contribution in [3.05, 3.63) is 28.7 Å². The van der Waals surface area contributed by atoms with Crippen LogP contribution in [0.1, 0.15) is 28.6 Å². The molecule has 2 aromatic heterocycles. The van der Waals surface area contributed by atoms with Crippen LogP contribution >= 0.6 is 11.6 Å². The van der Waals surface area contributed by atoms with Crippen LogP contribution in [0.25, 0.3) is 5.65 Å². The molecule has 1 atom stereocenters. The van der Waals surface area contributed by atoms with Gasteiger partial charge < -0.3 is 14.6 Å². The predicted octanol–water partition coefficient (Wildman–Crippen LogP) is 1.80. The molecule has 0 amide bonds. The summed E-state index contributed by atoms with van der Waals surface area (Å²) in [5.74, 6) is -1.10. The number of hydrogen-bond donors (Lipinski definition) is 1. The summed E-state index contributed by atoms with van der Waals surface area (Å²) in [5.41, 5.74) is 0.892. The molecule has 0 aliphatic rings. The average molecular weight is 300 g/mol. The number of carbonyl (C=O) groups is 1. The van der Waals surface area contributed by atoms with Crippen LogP contribution < -0.4 is 0 Å². The highest BCUT2D eigenvalue weighted by molar-refractivity contribution is 6.29. The van der Waals surface area contributed by atoms with Crippen LogP contribution in [0, 0.1) is 0 Å². The lowest BCUT2D eigenvalue weighted by Gasteiger charge is -2.18. The van der Waals surface area contributed by atoms with Crippen LogP contribution in [-0.2, 0) is 9.47 Å². The Morgan fingerprint density at radius 1 is 1.55 bits per heavy atom. The van der Waals surface area contributed by atoms with Gasteiger partial charge >= 0.3 is 5.97 Å².